The summed E-state index contributed by atoms with van der Waals surface area (Å²) in [6.45, 7) is 10.2. The summed E-state index contributed by atoms with van der Waals surface area (Å²) >= 11 is 0. The molecule has 0 unspecified atom stereocenters. The van der Waals surface area contributed by atoms with Crippen LogP contribution < -0.4 is 0 Å². The van der Waals surface area contributed by atoms with Gasteiger partial charge in [-0.25, -0.2) is 0 Å². The minimum absolute atomic E-state index is 0.143. The van der Waals surface area contributed by atoms with Gasteiger partial charge in [-0.3, -0.25) is 4.79 Å². The number of carbonyl (C=O) groups excluding carboxylic acids is 1. The van der Waals surface area contributed by atoms with Crippen molar-refractivity contribution in [3.05, 3.63) is 25.3 Å². The molecule has 0 aromatic carbocycles. The Balaban J connectivity index is 3.95. The molecule has 0 heterocycles. The molecule has 0 spiro atoms. The van der Waals surface area contributed by atoms with Crippen LogP contribution in [0.25, 0.3) is 0 Å². The number of hydrogen-bond donors (Lipinski definition) is 0. The second kappa shape index (κ2) is 5.71. The van der Waals surface area contributed by atoms with E-state index < -0.39 is 0 Å². The first kappa shape index (κ1) is 9.95. The molecule has 0 rings (SSSR count). The Hall–Kier alpha value is -1.05. The van der Waals surface area contributed by atoms with Gasteiger partial charge in [-0.15, -0.1) is 13.2 Å². The fraction of sp³-hybridized carbons (Fsp3) is 0.444. The molecule has 2 nitrogen and oxygen atoms in total. The van der Waals surface area contributed by atoms with Gasteiger partial charge in [0.15, 0.2) is 0 Å². The SMILES string of the molecule is C=CCN(CC=C)C(=O)CC. The van der Waals surface area contributed by atoms with Gasteiger partial charge in [-0.2, -0.15) is 0 Å². The van der Waals surface area contributed by atoms with E-state index in [4.69, 9.17) is 0 Å². The largest absolute Gasteiger partial charge is 0.335 e. The highest BCUT2D eigenvalue weighted by Gasteiger charge is 2.05. The van der Waals surface area contributed by atoms with Crippen LogP contribution in [0.4, 0.5) is 0 Å². The average molecular weight is 153 g/mol. The predicted molar refractivity (Wildman–Crippen MR) is 47.3 cm³/mol. The van der Waals surface area contributed by atoms with E-state index in [9.17, 15) is 4.79 Å². The van der Waals surface area contributed by atoms with Crippen molar-refractivity contribution >= 4 is 5.91 Å². The van der Waals surface area contributed by atoms with Crippen LogP contribution >= 0.6 is 0 Å². The molecule has 0 aliphatic heterocycles. The summed E-state index contributed by atoms with van der Waals surface area (Å²) in [5, 5.41) is 0. The standard InChI is InChI=1S/C9H15NO/c1-4-7-10(8-5-2)9(11)6-3/h4-5H,1-2,6-8H2,3H3. The van der Waals surface area contributed by atoms with Crippen molar-refractivity contribution in [3.63, 3.8) is 0 Å². The van der Waals surface area contributed by atoms with Crippen molar-refractivity contribution in [1.82, 2.24) is 4.90 Å². The van der Waals surface area contributed by atoms with Gasteiger partial charge in [0.1, 0.15) is 0 Å². The Morgan fingerprint density at radius 2 is 1.82 bits per heavy atom. The second-order valence-electron chi connectivity index (χ2n) is 2.23. The van der Waals surface area contributed by atoms with Gasteiger partial charge >= 0.3 is 0 Å². The quantitative estimate of drug-likeness (QED) is 0.549. The van der Waals surface area contributed by atoms with E-state index in [0.717, 1.165) is 0 Å². The molecule has 1 amide bonds. The summed E-state index contributed by atoms with van der Waals surface area (Å²) in [6.07, 6.45) is 3.98. The highest BCUT2D eigenvalue weighted by Crippen LogP contribution is 1.93. The third-order valence-electron chi connectivity index (χ3n) is 1.35. The Morgan fingerprint density at radius 1 is 1.36 bits per heavy atom. The lowest BCUT2D eigenvalue weighted by atomic mass is 10.3. The minimum Gasteiger partial charge on any atom is -0.335 e. The van der Waals surface area contributed by atoms with Crippen LogP contribution in [0.3, 0.4) is 0 Å². The Morgan fingerprint density at radius 3 is 2.09 bits per heavy atom. The zero-order chi connectivity index (χ0) is 8.69. The van der Waals surface area contributed by atoms with Crippen LogP contribution in [0.1, 0.15) is 13.3 Å². The predicted octanol–water partition coefficient (Wildman–Crippen LogP) is 1.60. The molecule has 0 radical (unpaired) electrons. The topological polar surface area (TPSA) is 20.3 Å². The first-order valence-electron chi connectivity index (χ1n) is 3.75. The first-order valence-corrected chi connectivity index (χ1v) is 3.75. The van der Waals surface area contributed by atoms with Crippen LogP contribution in [-0.2, 0) is 4.79 Å². The first-order chi connectivity index (χ1) is 5.26. The van der Waals surface area contributed by atoms with Crippen molar-refractivity contribution in [2.75, 3.05) is 13.1 Å². The van der Waals surface area contributed by atoms with Crippen molar-refractivity contribution in [3.8, 4) is 0 Å². The monoisotopic (exact) mass is 153 g/mol. The molecular formula is C9H15NO. The highest BCUT2D eigenvalue weighted by molar-refractivity contribution is 5.76. The minimum atomic E-state index is 0.143. The molecule has 0 saturated heterocycles. The van der Waals surface area contributed by atoms with Gasteiger partial charge in [-0.1, -0.05) is 19.1 Å². The van der Waals surface area contributed by atoms with Crippen LogP contribution in [0.15, 0.2) is 25.3 Å². The molecule has 0 bridgehead atoms. The molecule has 0 aromatic rings. The van der Waals surface area contributed by atoms with E-state index in [2.05, 4.69) is 13.2 Å². The molecule has 0 aromatic heterocycles. The van der Waals surface area contributed by atoms with E-state index >= 15 is 0 Å². The van der Waals surface area contributed by atoms with Crippen molar-refractivity contribution in [2.24, 2.45) is 0 Å². The van der Waals surface area contributed by atoms with E-state index in [1.807, 2.05) is 6.92 Å². The Labute approximate surface area is 68.2 Å². The number of rotatable bonds is 5. The molecule has 0 fully saturated rings. The van der Waals surface area contributed by atoms with E-state index in [1.54, 1.807) is 17.1 Å². The van der Waals surface area contributed by atoms with Gasteiger partial charge < -0.3 is 4.90 Å². The van der Waals surface area contributed by atoms with Gasteiger partial charge in [-0.05, 0) is 0 Å². The Bertz CT molecular complexity index is 142. The van der Waals surface area contributed by atoms with Crippen LogP contribution in [0.2, 0.25) is 0 Å². The fourth-order valence-electron chi connectivity index (χ4n) is 0.813. The molecule has 11 heavy (non-hydrogen) atoms. The zero-order valence-corrected chi connectivity index (χ0v) is 7.05. The molecule has 0 aliphatic carbocycles. The summed E-state index contributed by atoms with van der Waals surface area (Å²) < 4.78 is 0. The van der Waals surface area contributed by atoms with Crippen LogP contribution in [-0.4, -0.2) is 23.9 Å². The lowest BCUT2D eigenvalue weighted by Crippen LogP contribution is -2.30. The maximum Gasteiger partial charge on any atom is 0.222 e. The third kappa shape index (κ3) is 3.61. The van der Waals surface area contributed by atoms with Crippen LogP contribution in [0.5, 0.6) is 0 Å². The maximum atomic E-state index is 11.1. The van der Waals surface area contributed by atoms with Crippen molar-refractivity contribution in [2.45, 2.75) is 13.3 Å². The van der Waals surface area contributed by atoms with Gasteiger partial charge in [0, 0.05) is 19.5 Å². The molecule has 2 heteroatoms. The summed E-state index contributed by atoms with van der Waals surface area (Å²) in [5.41, 5.74) is 0. The van der Waals surface area contributed by atoms with Crippen molar-refractivity contribution in [1.29, 1.82) is 0 Å². The average Bonchev–Trinajstić information content (AvgIpc) is 2.03. The summed E-state index contributed by atoms with van der Waals surface area (Å²) in [6, 6.07) is 0. The summed E-state index contributed by atoms with van der Waals surface area (Å²) in [7, 11) is 0. The fourth-order valence-corrected chi connectivity index (χ4v) is 0.813. The highest BCUT2D eigenvalue weighted by atomic mass is 16.2. The molecule has 0 atom stereocenters. The van der Waals surface area contributed by atoms with Gasteiger partial charge in [0.05, 0.1) is 0 Å². The normalized spacial score (nSPS) is 8.82. The smallest absolute Gasteiger partial charge is 0.222 e. The third-order valence-corrected chi connectivity index (χ3v) is 1.35. The molecule has 0 aliphatic rings. The lowest BCUT2D eigenvalue weighted by molar-refractivity contribution is -0.129. The number of carbonyl (C=O) groups is 1. The number of amides is 1. The molecular weight excluding hydrogens is 138 g/mol. The van der Waals surface area contributed by atoms with Gasteiger partial charge in [0.2, 0.25) is 5.91 Å². The van der Waals surface area contributed by atoms with Crippen LogP contribution in [0, 0.1) is 0 Å². The molecule has 0 saturated carbocycles. The summed E-state index contributed by atoms with van der Waals surface area (Å²) in [5.74, 6) is 0.143. The Kier molecular flexibility index (Phi) is 5.17. The van der Waals surface area contributed by atoms with Crippen molar-refractivity contribution < 1.29 is 4.79 Å². The number of hydrogen-bond acceptors (Lipinski definition) is 1. The number of nitrogens with zero attached hydrogens (tertiary/aromatic N) is 1. The van der Waals surface area contributed by atoms with E-state index in [1.165, 1.54) is 0 Å². The summed E-state index contributed by atoms with van der Waals surface area (Å²) in [4.78, 5) is 12.8. The maximum absolute atomic E-state index is 11.1. The zero-order valence-electron chi connectivity index (χ0n) is 7.05. The molecule has 0 N–H and O–H groups in total. The second-order valence-corrected chi connectivity index (χ2v) is 2.23. The van der Waals surface area contributed by atoms with Gasteiger partial charge in [0.25, 0.3) is 0 Å². The lowest BCUT2D eigenvalue weighted by Gasteiger charge is -2.17. The molecule has 62 valence electrons. The van der Waals surface area contributed by atoms with E-state index in [-0.39, 0.29) is 5.91 Å². The van der Waals surface area contributed by atoms with E-state index in [0.29, 0.717) is 19.5 Å².